The van der Waals surface area contributed by atoms with Gasteiger partial charge in [0.25, 0.3) is 5.56 Å². The summed E-state index contributed by atoms with van der Waals surface area (Å²) in [5, 5.41) is 10.8. The second kappa shape index (κ2) is 8.83. The van der Waals surface area contributed by atoms with Crippen LogP contribution in [0.1, 0.15) is 22.7 Å². The highest BCUT2D eigenvalue weighted by atomic mass is 19.1. The van der Waals surface area contributed by atoms with E-state index in [1.165, 1.54) is 18.3 Å². The maximum Gasteiger partial charge on any atom is 0.335 e. The van der Waals surface area contributed by atoms with E-state index in [2.05, 4.69) is 24.1 Å². The first-order chi connectivity index (χ1) is 17.2. The Balaban J connectivity index is 1.53. The molecule has 0 fully saturated rings. The monoisotopic (exact) mass is 497 g/mol. The predicted octanol–water partition coefficient (Wildman–Crippen LogP) is 1.90. The van der Waals surface area contributed by atoms with Crippen LogP contribution >= 0.6 is 0 Å². The highest BCUT2D eigenvalue weighted by molar-refractivity contribution is 5.82. The number of likely N-dealkylation sites (N-methyl/N-ethyl adjacent to an activating group) is 1. The standard InChI is InChI=1S/C25H25FN4O6/c1-30(2)9-8-14-10-19-21(36-13-35-19)22(34-3)20(14)18(30)12-27-11-17-23(31)28-25(33)29(24(17)32)16-6-4-15(26)5-7-16/h4-7,10-11,18H,8-9,12-13H2,1-3H3,(H-,27,28,31,32,33)/p+1/t18-/m0/s1. The minimum Gasteiger partial charge on any atom is -0.493 e. The predicted molar refractivity (Wildman–Crippen MR) is 129 cm³/mol. The molecule has 0 amide bonds. The molecule has 2 aromatic carbocycles. The highest BCUT2D eigenvalue weighted by Gasteiger charge is 2.41. The number of benzene rings is 2. The molecule has 10 nitrogen and oxygen atoms in total. The number of aromatic amines is 1. The molecule has 2 N–H and O–H groups in total. The summed E-state index contributed by atoms with van der Waals surface area (Å²) in [5.41, 5.74) is 0.436. The van der Waals surface area contributed by atoms with Crippen LogP contribution in [0.15, 0.2) is 44.9 Å². The maximum atomic E-state index is 13.3. The van der Waals surface area contributed by atoms with Gasteiger partial charge in [-0.3, -0.25) is 14.8 Å². The molecule has 0 spiro atoms. The van der Waals surface area contributed by atoms with Crippen molar-refractivity contribution in [1.29, 1.82) is 0 Å². The van der Waals surface area contributed by atoms with Gasteiger partial charge in [0.2, 0.25) is 18.4 Å². The topological polar surface area (TPSA) is 115 Å². The minimum absolute atomic E-state index is 0.126. The molecule has 2 aliphatic heterocycles. The highest BCUT2D eigenvalue weighted by Crippen LogP contribution is 2.50. The van der Waals surface area contributed by atoms with Crippen LogP contribution in [0.25, 0.3) is 5.69 Å². The summed E-state index contributed by atoms with van der Waals surface area (Å²) in [6.45, 7) is 1.24. The van der Waals surface area contributed by atoms with Crippen LogP contribution in [-0.4, -0.2) is 66.4 Å². The molecule has 11 heteroatoms. The second-order valence-corrected chi connectivity index (χ2v) is 9.29. The SMILES string of the molecule is COc1c2c(cc3c1[C@H](CN=Cc1c(O)n(-c4ccc(F)cc4)c(=O)[nH]c1=O)[N+](C)(C)CC3)OCO2. The number of H-pyrrole nitrogens is 1. The molecule has 0 radical (unpaired) electrons. The summed E-state index contributed by atoms with van der Waals surface area (Å²) in [4.78, 5) is 31.6. The van der Waals surface area contributed by atoms with Crippen LogP contribution < -0.4 is 25.5 Å². The van der Waals surface area contributed by atoms with Gasteiger partial charge >= 0.3 is 5.69 Å². The molecule has 0 unspecified atom stereocenters. The summed E-state index contributed by atoms with van der Waals surface area (Å²) in [6.07, 6.45) is 2.07. The molecule has 0 bridgehead atoms. The van der Waals surface area contributed by atoms with Gasteiger partial charge in [0.05, 0.1) is 45.5 Å². The summed E-state index contributed by atoms with van der Waals surface area (Å²) in [7, 11) is 5.76. The van der Waals surface area contributed by atoms with E-state index in [1.54, 1.807) is 7.11 Å². The van der Waals surface area contributed by atoms with E-state index < -0.39 is 22.9 Å². The van der Waals surface area contributed by atoms with Crippen molar-refractivity contribution in [2.45, 2.75) is 12.5 Å². The van der Waals surface area contributed by atoms with Gasteiger partial charge in [-0.05, 0) is 35.9 Å². The Labute approximate surface area is 205 Å². The smallest absolute Gasteiger partial charge is 0.335 e. The molecule has 5 rings (SSSR count). The van der Waals surface area contributed by atoms with Crippen LogP contribution in [0.3, 0.4) is 0 Å². The van der Waals surface area contributed by atoms with Crippen LogP contribution in [0.5, 0.6) is 23.1 Å². The Morgan fingerprint density at radius 1 is 1.28 bits per heavy atom. The van der Waals surface area contributed by atoms with Crippen molar-refractivity contribution in [3.05, 3.63) is 73.7 Å². The quantitative estimate of drug-likeness (QED) is 0.411. The van der Waals surface area contributed by atoms with Crippen molar-refractivity contribution in [2.24, 2.45) is 4.99 Å². The summed E-state index contributed by atoms with van der Waals surface area (Å²) in [5.74, 6) is 0.741. The largest absolute Gasteiger partial charge is 0.493 e. The van der Waals surface area contributed by atoms with Crippen molar-refractivity contribution in [1.82, 2.24) is 9.55 Å². The first-order valence-electron chi connectivity index (χ1n) is 11.4. The second-order valence-electron chi connectivity index (χ2n) is 9.29. The van der Waals surface area contributed by atoms with Gasteiger partial charge in [-0.1, -0.05) is 0 Å². The lowest BCUT2D eigenvalue weighted by molar-refractivity contribution is -0.921. The van der Waals surface area contributed by atoms with Crippen molar-refractivity contribution in [3.8, 4) is 28.8 Å². The van der Waals surface area contributed by atoms with Gasteiger partial charge in [0.15, 0.2) is 11.5 Å². The van der Waals surface area contributed by atoms with Crippen molar-refractivity contribution in [3.63, 3.8) is 0 Å². The Morgan fingerprint density at radius 3 is 2.75 bits per heavy atom. The average molecular weight is 498 g/mol. The number of aromatic hydroxyl groups is 1. The number of ether oxygens (including phenoxy) is 3. The first kappa shape index (κ1) is 23.6. The summed E-state index contributed by atoms with van der Waals surface area (Å²) >= 11 is 0. The van der Waals surface area contributed by atoms with E-state index in [-0.39, 0.29) is 30.6 Å². The molecule has 0 saturated heterocycles. The Kier molecular flexibility index (Phi) is 5.79. The number of fused-ring (bicyclic) bond motifs is 2. The number of hydrogen-bond donors (Lipinski definition) is 2. The Hall–Kier alpha value is -4.12. The third kappa shape index (κ3) is 3.91. The fraction of sp³-hybridized carbons (Fsp3) is 0.320. The molecule has 188 valence electrons. The third-order valence-electron chi connectivity index (χ3n) is 6.79. The van der Waals surface area contributed by atoms with Gasteiger partial charge in [-0.15, -0.1) is 0 Å². The number of rotatable bonds is 5. The number of hydrogen-bond acceptors (Lipinski definition) is 7. The lowest BCUT2D eigenvalue weighted by Gasteiger charge is -2.42. The molecule has 1 atom stereocenters. The number of aliphatic imine (C=N–C) groups is 1. The zero-order valence-corrected chi connectivity index (χ0v) is 20.1. The zero-order valence-electron chi connectivity index (χ0n) is 20.1. The number of quaternary nitrogens is 1. The number of methoxy groups -OCH3 is 1. The lowest BCUT2D eigenvalue weighted by atomic mass is 9.89. The Morgan fingerprint density at radius 2 is 2.03 bits per heavy atom. The van der Waals surface area contributed by atoms with Crippen molar-refractivity contribution in [2.75, 3.05) is 41.1 Å². The molecular weight excluding hydrogens is 471 g/mol. The first-order valence-corrected chi connectivity index (χ1v) is 11.4. The van der Waals surface area contributed by atoms with Gasteiger partial charge < -0.3 is 23.8 Å². The van der Waals surface area contributed by atoms with Crippen molar-refractivity contribution < 1.29 is 28.2 Å². The molecule has 2 aliphatic rings. The molecular formula is C25H26FN4O6+. The number of nitrogens with zero attached hydrogens (tertiary/aromatic N) is 3. The van der Waals surface area contributed by atoms with Gasteiger partial charge in [-0.25, -0.2) is 13.8 Å². The summed E-state index contributed by atoms with van der Waals surface area (Å²) < 4.78 is 31.8. The van der Waals surface area contributed by atoms with Crippen LogP contribution in [0.4, 0.5) is 4.39 Å². The fourth-order valence-corrected chi connectivity index (χ4v) is 4.81. The van der Waals surface area contributed by atoms with E-state index in [9.17, 15) is 19.1 Å². The summed E-state index contributed by atoms with van der Waals surface area (Å²) in [6, 6.07) is 6.79. The molecule has 0 saturated carbocycles. The Bertz CT molecular complexity index is 1480. The van der Waals surface area contributed by atoms with Gasteiger partial charge in [0.1, 0.15) is 17.4 Å². The van der Waals surface area contributed by atoms with Gasteiger partial charge in [-0.2, -0.15) is 0 Å². The number of nitrogens with one attached hydrogen (secondary N) is 1. The van der Waals surface area contributed by atoms with E-state index in [0.717, 1.165) is 40.8 Å². The third-order valence-corrected chi connectivity index (χ3v) is 6.79. The van der Waals surface area contributed by atoms with Gasteiger partial charge in [0, 0.05) is 12.6 Å². The number of halogens is 1. The lowest BCUT2D eigenvalue weighted by Crippen LogP contribution is -2.49. The maximum absolute atomic E-state index is 13.3. The molecule has 3 heterocycles. The number of aromatic nitrogens is 2. The van der Waals surface area contributed by atoms with E-state index >= 15 is 0 Å². The molecule has 0 aliphatic carbocycles. The average Bonchev–Trinajstić information content (AvgIpc) is 3.30. The van der Waals surface area contributed by atoms with Crippen LogP contribution in [-0.2, 0) is 6.42 Å². The minimum atomic E-state index is -0.846. The van der Waals surface area contributed by atoms with E-state index in [1.807, 2.05) is 6.07 Å². The zero-order chi connectivity index (χ0) is 25.6. The van der Waals surface area contributed by atoms with Crippen LogP contribution in [0.2, 0.25) is 0 Å². The van der Waals surface area contributed by atoms with Crippen molar-refractivity contribution >= 4 is 6.21 Å². The normalized spacial score (nSPS) is 17.8. The van der Waals surface area contributed by atoms with E-state index in [4.69, 9.17) is 14.2 Å². The fourth-order valence-electron chi connectivity index (χ4n) is 4.81. The molecule has 1 aromatic heterocycles. The molecule has 3 aromatic rings. The molecule has 36 heavy (non-hydrogen) atoms. The van der Waals surface area contributed by atoms with Crippen LogP contribution in [0, 0.1) is 5.82 Å². The van der Waals surface area contributed by atoms with E-state index in [0.29, 0.717) is 21.7 Å².